The molecule has 12 heavy (non-hydrogen) atoms. The Morgan fingerprint density at radius 1 is 1.50 bits per heavy atom. The Labute approximate surface area is 74.2 Å². The SMILES string of the molecule is CBOc1cnccc1C(C)C. The van der Waals surface area contributed by atoms with Crippen LogP contribution in [0.25, 0.3) is 0 Å². The van der Waals surface area contributed by atoms with E-state index in [1.807, 2.05) is 12.9 Å². The number of pyridine rings is 1. The Balaban J connectivity index is 2.92. The maximum Gasteiger partial charge on any atom is 0.336 e. The van der Waals surface area contributed by atoms with Gasteiger partial charge in [0.25, 0.3) is 0 Å². The standard InChI is InChI=1S/C9H14BNO/c1-7(2)8-4-5-11-6-9(8)12-10-3/h4-7,10H,1-3H3. The monoisotopic (exact) mass is 163 g/mol. The van der Waals surface area contributed by atoms with Crippen LogP contribution in [0.2, 0.25) is 6.82 Å². The first kappa shape index (κ1) is 9.11. The van der Waals surface area contributed by atoms with Crippen molar-refractivity contribution in [1.82, 2.24) is 4.98 Å². The van der Waals surface area contributed by atoms with Crippen molar-refractivity contribution in [1.29, 1.82) is 0 Å². The number of aromatic nitrogens is 1. The molecule has 1 aromatic heterocycles. The fourth-order valence-electron chi connectivity index (χ4n) is 1.14. The van der Waals surface area contributed by atoms with Crippen LogP contribution in [0.3, 0.4) is 0 Å². The molecule has 0 amide bonds. The largest absolute Gasteiger partial charge is 0.563 e. The lowest BCUT2D eigenvalue weighted by Gasteiger charge is -2.11. The van der Waals surface area contributed by atoms with E-state index in [1.165, 1.54) is 5.56 Å². The third-order valence-corrected chi connectivity index (χ3v) is 1.74. The van der Waals surface area contributed by atoms with Gasteiger partial charge in [0.15, 0.2) is 0 Å². The van der Waals surface area contributed by atoms with Crippen molar-refractivity contribution in [3.8, 4) is 5.75 Å². The lowest BCUT2D eigenvalue weighted by Crippen LogP contribution is -2.01. The van der Waals surface area contributed by atoms with Gasteiger partial charge in [-0.25, -0.2) is 0 Å². The predicted molar refractivity (Wildman–Crippen MR) is 52.0 cm³/mol. The van der Waals surface area contributed by atoms with Crippen LogP contribution in [0.15, 0.2) is 18.5 Å². The van der Waals surface area contributed by atoms with Crippen LogP contribution in [0.5, 0.6) is 5.75 Å². The van der Waals surface area contributed by atoms with Gasteiger partial charge in [0.05, 0.1) is 6.20 Å². The Hall–Kier alpha value is -0.985. The first-order valence-corrected chi connectivity index (χ1v) is 4.32. The van der Waals surface area contributed by atoms with Gasteiger partial charge in [-0.05, 0) is 17.5 Å². The first-order chi connectivity index (χ1) is 5.75. The van der Waals surface area contributed by atoms with Crippen LogP contribution in [0.1, 0.15) is 25.3 Å². The second-order valence-corrected chi connectivity index (χ2v) is 3.00. The maximum atomic E-state index is 5.44. The molecule has 0 atom stereocenters. The number of nitrogens with zero attached hydrogens (tertiary/aromatic N) is 1. The molecular weight excluding hydrogens is 149 g/mol. The van der Waals surface area contributed by atoms with Gasteiger partial charge in [-0.3, -0.25) is 4.98 Å². The topological polar surface area (TPSA) is 22.1 Å². The molecule has 64 valence electrons. The van der Waals surface area contributed by atoms with Crippen molar-refractivity contribution in [3.05, 3.63) is 24.0 Å². The minimum Gasteiger partial charge on any atom is -0.563 e. The van der Waals surface area contributed by atoms with Crippen LogP contribution < -0.4 is 4.65 Å². The quantitative estimate of drug-likeness (QED) is 0.635. The minimum absolute atomic E-state index is 0.495. The fourth-order valence-corrected chi connectivity index (χ4v) is 1.14. The number of hydrogen-bond donors (Lipinski definition) is 0. The van der Waals surface area contributed by atoms with Crippen molar-refractivity contribution in [2.24, 2.45) is 0 Å². The van der Waals surface area contributed by atoms with Crippen molar-refractivity contribution in [2.45, 2.75) is 26.6 Å². The smallest absolute Gasteiger partial charge is 0.336 e. The lowest BCUT2D eigenvalue weighted by molar-refractivity contribution is 0.579. The van der Waals surface area contributed by atoms with Crippen molar-refractivity contribution in [3.63, 3.8) is 0 Å². The average molecular weight is 163 g/mol. The van der Waals surface area contributed by atoms with E-state index in [-0.39, 0.29) is 0 Å². The highest BCUT2D eigenvalue weighted by molar-refractivity contribution is 6.26. The van der Waals surface area contributed by atoms with Gasteiger partial charge in [-0.2, -0.15) is 0 Å². The average Bonchev–Trinajstić information content (AvgIpc) is 2.05. The molecule has 0 N–H and O–H groups in total. The van der Waals surface area contributed by atoms with E-state index in [0.717, 1.165) is 5.75 Å². The molecule has 0 saturated carbocycles. The molecule has 0 saturated heterocycles. The van der Waals surface area contributed by atoms with Gasteiger partial charge in [-0.15, -0.1) is 0 Å². The van der Waals surface area contributed by atoms with Gasteiger partial charge >= 0.3 is 7.48 Å². The fraction of sp³-hybridized carbons (Fsp3) is 0.444. The Bertz CT molecular complexity index is 250. The molecule has 0 fully saturated rings. The third-order valence-electron chi connectivity index (χ3n) is 1.74. The van der Waals surface area contributed by atoms with E-state index >= 15 is 0 Å². The van der Waals surface area contributed by atoms with E-state index < -0.39 is 0 Å². The highest BCUT2D eigenvalue weighted by Crippen LogP contribution is 2.24. The molecule has 3 heteroatoms. The molecule has 0 aliphatic carbocycles. The predicted octanol–water partition coefficient (Wildman–Crippen LogP) is 1.98. The maximum absolute atomic E-state index is 5.44. The summed E-state index contributed by atoms with van der Waals surface area (Å²) in [5, 5.41) is 0. The molecule has 1 heterocycles. The molecule has 0 aromatic carbocycles. The van der Waals surface area contributed by atoms with Crippen molar-refractivity contribution >= 4 is 7.48 Å². The van der Waals surface area contributed by atoms with E-state index in [4.69, 9.17) is 4.65 Å². The van der Waals surface area contributed by atoms with Gasteiger partial charge in [0, 0.05) is 6.20 Å². The highest BCUT2D eigenvalue weighted by atomic mass is 16.4. The molecule has 1 rings (SSSR count). The summed E-state index contributed by atoms with van der Waals surface area (Å²) >= 11 is 0. The van der Waals surface area contributed by atoms with Gasteiger partial charge in [0.2, 0.25) is 0 Å². The zero-order chi connectivity index (χ0) is 8.97. The molecule has 0 aliphatic heterocycles. The second-order valence-electron chi connectivity index (χ2n) is 3.00. The van der Waals surface area contributed by atoms with Gasteiger partial charge < -0.3 is 4.65 Å². The third kappa shape index (κ3) is 2.00. The first-order valence-electron chi connectivity index (χ1n) is 4.32. The molecule has 0 radical (unpaired) electrons. The second kappa shape index (κ2) is 4.14. The number of hydrogen-bond acceptors (Lipinski definition) is 2. The van der Waals surface area contributed by atoms with Crippen LogP contribution in [0, 0.1) is 0 Å². The molecule has 0 spiro atoms. The zero-order valence-corrected chi connectivity index (χ0v) is 7.87. The van der Waals surface area contributed by atoms with Gasteiger partial charge in [-0.1, -0.05) is 20.7 Å². The van der Waals surface area contributed by atoms with E-state index in [2.05, 4.69) is 18.8 Å². The zero-order valence-electron chi connectivity index (χ0n) is 7.87. The minimum atomic E-state index is 0.495. The lowest BCUT2D eigenvalue weighted by atomic mass is 10.0. The Morgan fingerprint density at radius 3 is 2.83 bits per heavy atom. The summed E-state index contributed by atoms with van der Waals surface area (Å²) in [6.45, 7) is 6.28. The molecule has 0 aliphatic rings. The molecular formula is C9H14BNO. The molecule has 0 bridgehead atoms. The molecule has 2 nitrogen and oxygen atoms in total. The molecule has 0 unspecified atom stereocenters. The molecule has 1 aromatic rings. The summed E-state index contributed by atoms with van der Waals surface area (Å²) in [5.74, 6) is 1.41. The summed E-state index contributed by atoms with van der Waals surface area (Å²) in [7, 11) is 0.700. The van der Waals surface area contributed by atoms with Crippen LogP contribution in [-0.4, -0.2) is 12.5 Å². The highest BCUT2D eigenvalue weighted by Gasteiger charge is 2.05. The summed E-state index contributed by atoms with van der Waals surface area (Å²) in [6.07, 6.45) is 3.58. The Kier molecular flexibility index (Phi) is 3.14. The number of rotatable bonds is 3. The summed E-state index contributed by atoms with van der Waals surface area (Å²) < 4.78 is 5.44. The van der Waals surface area contributed by atoms with Crippen LogP contribution >= 0.6 is 0 Å². The Morgan fingerprint density at radius 2 is 2.25 bits per heavy atom. The van der Waals surface area contributed by atoms with Crippen LogP contribution in [0.4, 0.5) is 0 Å². The summed E-state index contributed by atoms with van der Waals surface area (Å²) in [4.78, 5) is 4.02. The van der Waals surface area contributed by atoms with Crippen LogP contribution in [-0.2, 0) is 0 Å². The van der Waals surface area contributed by atoms with Crippen molar-refractivity contribution < 1.29 is 4.65 Å². The van der Waals surface area contributed by atoms with E-state index in [9.17, 15) is 0 Å². The normalized spacial score (nSPS) is 10.0. The van der Waals surface area contributed by atoms with E-state index in [0.29, 0.717) is 13.4 Å². The van der Waals surface area contributed by atoms with E-state index in [1.54, 1.807) is 12.4 Å². The van der Waals surface area contributed by atoms with Crippen molar-refractivity contribution in [2.75, 3.05) is 0 Å². The summed E-state index contributed by atoms with van der Waals surface area (Å²) in [6, 6.07) is 2.01. The van der Waals surface area contributed by atoms with Gasteiger partial charge in [0.1, 0.15) is 5.75 Å². The summed E-state index contributed by atoms with van der Waals surface area (Å²) in [5.41, 5.74) is 1.23.